The van der Waals surface area contributed by atoms with Crippen LogP contribution in [0.1, 0.15) is 32.3 Å². The van der Waals surface area contributed by atoms with Gasteiger partial charge in [-0.2, -0.15) is 0 Å². The van der Waals surface area contributed by atoms with E-state index in [4.69, 9.17) is 0 Å². The fourth-order valence-corrected chi connectivity index (χ4v) is 5.04. The third kappa shape index (κ3) is 5.75. The van der Waals surface area contributed by atoms with Gasteiger partial charge in [0.25, 0.3) is 0 Å². The van der Waals surface area contributed by atoms with E-state index in [-0.39, 0.29) is 17.0 Å². The highest BCUT2D eigenvalue weighted by atomic mass is 32.2. The molecular formula is C16H20FN3OS3. The second-order valence-electron chi connectivity index (χ2n) is 5.25. The Labute approximate surface area is 154 Å². The summed E-state index contributed by atoms with van der Waals surface area (Å²) in [5.74, 6) is 0.523. The largest absolute Gasteiger partial charge is 0.325 e. The molecule has 1 N–H and O–H groups in total. The van der Waals surface area contributed by atoms with Crippen molar-refractivity contribution in [3.63, 3.8) is 0 Å². The van der Waals surface area contributed by atoms with Crippen LogP contribution in [-0.2, 0) is 4.79 Å². The van der Waals surface area contributed by atoms with Gasteiger partial charge in [-0.15, -0.1) is 10.2 Å². The molecule has 1 heterocycles. The number of rotatable bonds is 8. The fourth-order valence-electron chi connectivity index (χ4n) is 1.73. The number of nitrogens with one attached hydrogen (secondary N) is 1. The smallest absolute Gasteiger partial charge is 0.237 e. The number of hydrogen-bond donors (Lipinski definition) is 1. The molecule has 2 aromatic rings. The van der Waals surface area contributed by atoms with Crippen LogP contribution < -0.4 is 5.32 Å². The van der Waals surface area contributed by atoms with E-state index in [1.165, 1.54) is 29.2 Å². The van der Waals surface area contributed by atoms with Crippen molar-refractivity contribution < 1.29 is 9.18 Å². The summed E-state index contributed by atoms with van der Waals surface area (Å²) in [6.45, 7) is 5.64. The minimum atomic E-state index is -0.337. The number of hydrogen-bond acceptors (Lipinski definition) is 6. The zero-order valence-corrected chi connectivity index (χ0v) is 16.3. The summed E-state index contributed by atoms with van der Waals surface area (Å²) in [5.41, 5.74) is 1.01. The molecule has 0 saturated carbocycles. The van der Waals surface area contributed by atoms with Gasteiger partial charge in [-0.05, 0) is 38.0 Å². The van der Waals surface area contributed by atoms with Gasteiger partial charge in [-0.1, -0.05) is 54.3 Å². The number of thioether (sulfide) groups is 2. The molecule has 0 saturated heterocycles. The number of anilines is 1. The van der Waals surface area contributed by atoms with Crippen molar-refractivity contribution in [1.29, 1.82) is 0 Å². The quantitative estimate of drug-likeness (QED) is 0.512. The number of amides is 1. The number of benzene rings is 1. The average molecular weight is 386 g/mol. The lowest BCUT2D eigenvalue weighted by Gasteiger charge is -2.10. The van der Waals surface area contributed by atoms with Crippen LogP contribution in [-0.4, -0.2) is 27.1 Å². The van der Waals surface area contributed by atoms with E-state index in [0.29, 0.717) is 11.3 Å². The first-order valence-electron chi connectivity index (χ1n) is 7.69. The third-order valence-electron chi connectivity index (χ3n) is 3.20. The van der Waals surface area contributed by atoms with Gasteiger partial charge in [0.05, 0.1) is 5.25 Å². The third-order valence-corrected chi connectivity index (χ3v) is 6.52. The summed E-state index contributed by atoms with van der Waals surface area (Å²) in [4.78, 5) is 12.2. The first-order chi connectivity index (χ1) is 11.5. The fraction of sp³-hybridized carbons (Fsp3) is 0.438. The number of unbranched alkanes of at least 4 members (excludes halogenated alkanes) is 1. The van der Waals surface area contributed by atoms with Gasteiger partial charge in [-0.3, -0.25) is 4.79 Å². The van der Waals surface area contributed by atoms with E-state index in [0.717, 1.165) is 27.3 Å². The zero-order valence-electron chi connectivity index (χ0n) is 13.8. The number of nitrogens with zero attached hydrogens (tertiary/aromatic N) is 2. The second kappa shape index (κ2) is 9.39. The molecule has 0 bridgehead atoms. The number of halogens is 1. The lowest BCUT2D eigenvalue weighted by molar-refractivity contribution is -0.115. The molecule has 0 unspecified atom stereocenters. The molecule has 0 aliphatic heterocycles. The summed E-state index contributed by atoms with van der Waals surface area (Å²) >= 11 is 4.56. The number of aromatic nitrogens is 2. The van der Waals surface area contributed by atoms with Crippen LogP contribution in [0.5, 0.6) is 0 Å². The van der Waals surface area contributed by atoms with Crippen molar-refractivity contribution in [3.8, 4) is 0 Å². The molecule has 0 spiro atoms. The minimum absolute atomic E-state index is 0.182. The summed E-state index contributed by atoms with van der Waals surface area (Å²) in [7, 11) is 0. The van der Waals surface area contributed by atoms with Crippen LogP contribution in [0.25, 0.3) is 0 Å². The summed E-state index contributed by atoms with van der Waals surface area (Å²) in [6, 6.07) is 4.67. The van der Waals surface area contributed by atoms with Crippen molar-refractivity contribution >= 4 is 46.5 Å². The lowest BCUT2D eigenvalue weighted by atomic mass is 10.2. The molecule has 1 aromatic carbocycles. The Morgan fingerprint density at radius 1 is 1.38 bits per heavy atom. The van der Waals surface area contributed by atoms with Crippen molar-refractivity contribution in [2.45, 2.75) is 47.5 Å². The predicted molar refractivity (Wildman–Crippen MR) is 101 cm³/mol. The maximum atomic E-state index is 13.5. The van der Waals surface area contributed by atoms with Gasteiger partial charge >= 0.3 is 0 Å². The summed E-state index contributed by atoms with van der Waals surface area (Å²) in [5, 5.41) is 10.6. The average Bonchev–Trinajstić information content (AvgIpc) is 2.98. The topological polar surface area (TPSA) is 54.9 Å². The van der Waals surface area contributed by atoms with Crippen molar-refractivity contribution in [2.24, 2.45) is 0 Å². The molecule has 0 fully saturated rings. The molecule has 0 aliphatic carbocycles. The highest BCUT2D eigenvalue weighted by Gasteiger charge is 2.17. The number of aryl methyl sites for hydroxylation is 1. The lowest BCUT2D eigenvalue weighted by Crippen LogP contribution is -2.22. The number of carbonyl (C=O) groups excluding carboxylic acids is 1. The van der Waals surface area contributed by atoms with E-state index >= 15 is 0 Å². The van der Waals surface area contributed by atoms with Crippen molar-refractivity contribution in [3.05, 3.63) is 29.6 Å². The second-order valence-corrected chi connectivity index (χ2v) is 9.16. The summed E-state index contributed by atoms with van der Waals surface area (Å²) < 4.78 is 15.2. The van der Waals surface area contributed by atoms with Gasteiger partial charge in [0, 0.05) is 11.4 Å². The highest BCUT2D eigenvalue weighted by Crippen LogP contribution is 2.32. The van der Waals surface area contributed by atoms with Gasteiger partial charge in [0.1, 0.15) is 5.82 Å². The number of carbonyl (C=O) groups is 1. The molecule has 2 rings (SSSR count). The van der Waals surface area contributed by atoms with Crippen LogP contribution in [0.3, 0.4) is 0 Å². The van der Waals surface area contributed by atoms with Gasteiger partial charge in [0.15, 0.2) is 8.68 Å². The van der Waals surface area contributed by atoms with E-state index in [2.05, 4.69) is 22.4 Å². The zero-order chi connectivity index (χ0) is 17.5. The Hall–Kier alpha value is -1.12. The predicted octanol–water partition coefficient (Wildman–Crippen LogP) is 5.00. The molecule has 0 aliphatic rings. The van der Waals surface area contributed by atoms with Crippen molar-refractivity contribution in [1.82, 2.24) is 10.2 Å². The Morgan fingerprint density at radius 2 is 2.12 bits per heavy atom. The van der Waals surface area contributed by atoms with E-state index in [1.54, 1.807) is 37.7 Å². The van der Waals surface area contributed by atoms with Gasteiger partial charge < -0.3 is 5.32 Å². The molecule has 1 amide bonds. The Kier molecular flexibility index (Phi) is 7.51. The first-order valence-corrected chi connectivity index (χ1v) is 10.4. The van der Waals surface area contributed by atoms with Crippen LogP contribution in [0, 0.1) is 12.7 Å². The SMILES string of the molecule is CCCCSc1nnc(S[C@H](C)C(=O)Nc2ccc(C)c(F)c2)s1. The molecule has 24 heavy (non-hydrogen) atoms. The Morgan fingerprint density at radius 3 is 2.83 bits per heavy atom. The first kappa shape index (κ1) is 19.2. The molecule has 4 nitrogen and oxygen atoms in total. The van der Waals surface area contributed by atoms with Crippen LogP contribution >= 0.6 is 34.9 Å². The van der Waals surface area contributed by atoms with Crippen LogP contribution in [0.2, 0.25) is 0 Å². The molecular weight excluding hydrogens is 365 g/mol. The van der Waals surface area contributed by atoms with E-state index in [1.807, 2.05) is 0 Å². The monoisotopic (exact) mass is 385 g/mol. The normalized spacial score (nSPS) is 12.2. The molecule has 130 valence electrons. The Bertz CT molecular complexity index is 693. The van der Waals surface area contributed by atoms with Crippen LogP contribution in [0.4, 0.5) is 10.1 Å². The molecule has 1 aromatic heterocycles. The highest BCUT2D eigenvalue weighted by molar-refractivity contribution is 8.03. The van der Waals surface area contributed by atoms with E-state index in [9.17, 15) is 9.18 Å². The van der Waals surface area contributed by atoms with Gasteiger partial charge in [0.2, 0.25) is 5.91 Å². The molecule has 1 atom stereocenters. The standard InChI is InChI=1S/C16H20FN3OS3/c1-4-5-8-22-15-19-20-16(24-15)23-11(3)14(21)18-12-7-6-10(2)13(17)9-12/h6-7,9,11H,4-5,8H2,1-3H3,(H,18,21)/t11-/m1/s1. The molecule has 0 radical (unpaired) electrons. The summed E-state index contributed by atoms with van der Waals surface area (Å²) in [6.07, 6.45) is 2.31. The van der Waals surface area contributed by atoms with Crippen LogP contribution in [0.15, 0.2) is 26.9 Å². The minimum Gasteiger partial charge on any atom is -0.325 e. The Balaban J connectivity index is 1.88. The molecule has 8 heteroatoms. The van der Waals surface area contributed by atoms with Crippen molar-refractivity contribution in [2.75, 3.05) is 11.1 Å². The maximum absolute atomic E-state index is 13.5. The maximum Gasteiger partial charge on any atom is 0.237 e. The van der Waals surface area contributed by atoms with Gasteiger partial charge in [-0.25, -0.2) is 4.39 Å². The van der Waals surface area contributed by atoms with E-state index < -0.39 is 0 Å².